The SMILES string of the molecule is O=Cc1cc(Br)c(C(F)F)cn1. The quantitative estimate of drug-likeness (QED) is 0.738. The summed E-state index contributed by atoms with van der Waals surface area (Å²) in [5, 5.41) is 0. The van der Waals surface area contributed by atoms with E-state index in [0.29, 0.717) is 6.29 Å². The highest BCUT2D eigenvalue weighted by Crippen LogP contribution is 2.26. The van der Waals surface area contributed by atoms with Crippen molar-refractivity contribution < 1.29 is 13.6 Å². The molecule has 1 rings (SSSR count). The van der Waals surface area contributed by atoms with Crippen LogP contribution in [-0.2, 0) is 0 Å². The molecule has 0 saturated carbocycles. The summed E-state index contributed by atoms with van der Waals surface area (Å²) in [5.74, 6) is 0. The van der Waals surface area contributed by atoms with Crippen LogP contribution in [0.2, 0.25) is 0 Å². The molecule has 1 aromatic heterocycles. The number of hydrogen-bond donors (Lipinski definition) is 0. The van der Waals surface area contributed by atoms with Gasteiger partial charge in [-0.3, -0.25) is 9.78 Å². The van der Waals surface area contributed by atoms with Gasteiger partial charge in [-0.2, -0.15) is 0 Å². The van der Waals surface area contributed by atoms with E-state index in [4.69, 9.17) is 0 Å². The first-order valence-electron chi connectivity index (χ1n) is 3.04. The van der Waals surface area contributed by atoms with Crippen LogP contribution in [0.4, 0.5) is 8.78 Å². The molecular formula is C7H4BrF2NO. The first-order chi connectivity index (χ1) is 5.65. The minimum absolute atomic E-state index is 0.131. The number of carbonyl (C=O) groups excluding carboxylic acids is 1. The lowest BCUT2D eigenvalue weighted by Crippen LogP contribution is -1.92. The maximum absolute atomic E-state index is 12.1. The number of hydrogen-bond acceptors (Lipinski definition) is 2. The van der Waals surface area contributed by atoms with Crippen molar-refractivity contribution in [1.82, 2.24) is 4.98 Å². The van der Waals surface area contributed by atoms with Crippen molar-refractivity contribution in [2.75, 3.05) is 0 Å². The van der Waals surface area contributed by atoms with Crippen molar-refractivity contribution in [1.29, 1.82) is 0 Å². The second-order valence-electron chi connectivity index (χ2n) is 2.05. The average Bonchev–Trinajstić information content (AvgIpc) is 2.03. The minimum atomic E-state index is -2.58. The Morgan fingerprint density at radius 1 is 1.58 bits per heavy atom. The molecule has 0 aliphatic carbocycles. The summed E-state index contributed by atoms with van der Waals surface area (Å²) in [5.41, 5.74) is -0.0770. The van der Waals surface area contributed by atoms with Crippen LogP contribution in [0.25, 0.3) is 0 Å². The molecule has 0 spiro atoms. The maximum atomic E-state index is 12.1. The lowest BCUT2D eigenvalue weighted by atomic mass is 10.2. The standard InChI is InChI=1S/C7H4BrF2NO/c8-6-1-4(3-12)11-2-5(6)7(9)10/h1-3,7H. The van der Waals surface area contributed by atoms with E-state index >= 15 is 0 Å². The molecule has 0 aliphatic heterocycles. The Hall–Kier alpha value is -0.840. The molecule has 0 fully saturated rings. The highest BCUT2D eigenvalue weighted by atomic mass is 79.9. The Labute approximate surface area is 75.7 Å². The third kappa shape index (κ3) is 1.85. The number of halogens is 3. The van der Waals surface area contributed by atoms with E-state index in [0.717, 1.165) is 6.20 Å². The first-order valence-corrected chi connectivity index (χ1v) is 3.83. The van der Waals surface area contributed by atoms with Gasteiger partial charge >= 0.3 is 0 Å². The average molecular weight is 236 g/mol. The Bertz CT molecular complexity index is 303. The van der Waals surface area contributed by atoms with Gasteiger partial charge in [0.2, 0.25) is 0 Å². The molecule has 1 aromatic rings. The number of nitrogens with zero attached hydrogens (tertiary/aromatic N) is 1. The molecule has 0 bridgehead atoms. The van der Waals surface area contributed by atoms with Crippen molar-refractivity contribution >= 4 is 22.2 Å². The number of carbonyl (C=O) groups is 1. The Morgan fingerprint density at radius 3 is 2.67 bits per heavy atom. The largest absolute Gasteiger partial charge is 0.296 e. The first kappa shape index (κ1) is 9.25. The number of alkyl halides is 2. The molecule has 0 atom stereocenters. The molecule has 0 N–H and O–H groups in total. The van der Waals surface area contributed by atoms with Gasteiger partial charge in [0.25, 0.3) is 6.43 Å². The van der Waals surface area contributed by atoms with Gasteiger partial charge in [-0.25, -0.2) is 8.78 Å². The number of pyridine rings is 1. The van der Waals surface area contributed by atoms with Crippen LogP contribution in [0.3, 0.4) is 0 Å². The van der Waals surface area contributed by atoms with Crippen LogP contribution in [0.5, 0.6) is 0 Å². The van der Waals surface area contributed by atoms with Crippen LogP contribution >= 0.6 is 15.9 Å². The number of aldehydes is 1. The van der Waals surface area contributed by atoms with Crippen LogP contribution in [-0.4, -0.2) is 11.3 Å². The predicted molar refractivity (Wildman–Crippen MR) is 42.3 cm³/mol. The van der Waals surface area contributed by atoms with E-state index in [1.807, 2.05) is 0 Å². The van der Waals surface area contributed by atoms with Gasteiger partial charge in [-0.05, 0) is 6.07 Å². The van der Waals surface area contributed by atoms with Crippen LogP contribution in [0.1, 0.15) is 22.5 Å². The third-order valence-corrected chi connectivity index (χ3v) is 1.95. The molecule has 0 amide bonds. The van der Waals surface area contributed by atoms with Crippen molar-refractivity contribution in [2.24, 2.45) is 0 Å². The number of aromatic nitrogens is 1. The fourth-order valence-corrected chi connectivity index (χ4v) is 1.19. The second-order valence-corrected chi connectivity index (χ2v) is 2.90. The zero-order valence-corrected chi connectivity index (χ0v) is 7.38. The molecule has 0 aliphatic rings. The van der Waals surface area contributed by atoms with Crippen molar-refractivity contribution in [3.8, 4) is 0 Å². The topological polar surface area (TPSA) is 30.0 Å². The predicted octanol–water partition coefficient (Wildman–Crippen LogP) is 2.59. The van der Waals surface area contributed by atoms with Crippen LogP contribution < -0.4 is 0 Å². The molecule has 2 nitrogen and oxygen atoms in total. The Morgan fingerprint density at radius 2 is 2.25 bits per heavy atom. The monoisotopic (exact) mass is 235 g/mol. The van der Waals surface area contributed by atoms with Gasteiger partial charge in [0, 0.05) is 10.7 Å². The van der Waals surface area contributed by atoms with Gasteiger partial charge in [0.1, 0.15) is 5.69 Å². The summed E-state index contributed by atoms with van der Waals surface area (Å²) in [6, 6.07) is 1.26. The summed E-state index contributed by atoms with van der Waals surface area (Å²) in [6.45, 7) is 0. The summed E-state index contributed by atoms with van der Waals surface area (Å²) in [4.78, 5) is 13.7. The van der Waals surface area contributed by atoms with Gasteiger partial charge in [0.05, 0.1) is 5.56 Å². The molecule has 0 radical (unpaired) electrons. The lowest BCUT2D eigenvalue weighted by Gasteiger charge is -2.01. The Balaban J connectivity index is 3.11. The normalized spacial score (nSPS) is 10.3. The van der Waals surface area contributed by atoms with Crippen molar-refractivity contribution in [3.63, 3.8) is 0 Å². The molecule has 1 heterocycles. The third-order valence-electron chi connectivity index (χ3n) is 1.26. The summed E-state index contributed by atoms with van der Waals surface area (Å²) in [7, 11) is 0. The highest BCUT2D eigenvalue weighted by molar-refractivity contribution is 9.10. The summed E-state index contributed by atoms with van der Waals surface area (Å²) in [6.07, 6.45) is -1.09. The lowest BCUT2D eigenvalue weighted by molar-refractivity contribution is 0.111. The molecule has 64 valence electrons. The molecular weight excluding hydrogens is 232 g/mol. The summed E-state index contributed by atoms with van der Waals surface area (Å²) >= 11 is 2.91. The van der Waals surface area contributed by atoms with Gasteiger partial charge in [-0.15, -0.1) is 0 Å². The second kappa shape index (κ2) is 3.71. The van der Waals surface area contributed by atoms with Gasteiger partial charge in [-0.1, -0.05) is 15.9 Å². The van der Waals surface area contributed by atoms with E-state index in [9.17, 15) is 13.6 Å². The molecule has 0 unspecified atom stereocenters. The van der Waals surface area contributed by atoms with E-state index in [2.05, 4.69) is 20.9 Å². The van der Waals surface area contributed by atoms with Gasteiger partial charge < -0.3 is 0 Å². The summed E-state index contributed by atoms with van der Waals surface area (Å²) < 4.78 is 24.4. The fourth-order valence-electron chi connectivity index (χ4n) is 0.681. The number of rotatable bonds is 2. The Kier molecular flexibility index (Phi) is 2.86. The zero-order valence-electron chi connectivity index (χ0n) is 5.80. The van der Waals surface area contributed by atoms with Crippen molar-refractivity contribution in [3.05, 3.63) is 28.0 Å². The smallest absolute Gasteiger partial charge is 0.266 e. The van der Waals surface area contributed by atoms with E-state index < -0.39 is 6.43 Å². The van der Waals surface area contributed by atoms with Crippen molar-refractivity contribution in [2.45, 2.75) is 6.43 Å². The van der Waals surface area contributed by atoms with Gasteiger partial charge in [0.15, 0.2) is 6.29 Å². The molecule has 12 heavy (non-hydrogen) atoms. The highest BCUT2D eigenvalue weighted by Gasteiger charge is 2.11. The van der Waals surface area contributed by atoms with E-state index in [-0.39, 0.29) is 15.7 Å². The van der Waals surface area contributed by atoms with E-state index in [1.54, 1.807) is 0 Å². The molecule has 0 saturated heterocycles. The minimum Gasteiger partial charge on any atom is -0.296 e. The fraction of sp³-hybridized carbons (Fsp3) is 0.143. The zero-order chi connectivity index (χ0) is 9.14. The van der Waals surface area contributed by atoms with E-state index in [1.165, 1.54) is 6.07 Å². The van der Waals surface area contributed by atoms with Crippen LogP contribution in [0.15, 0.2) is 16.7 Å². The molecule has 5 heteroatoms. The molecule has 0 aromatic carbocycles. The maximum Gasteiger partial charge on any atom is 0.266 e. The van der Waals surface area contributed by atoms with Crippen LogP contribution in [0, 0.1) is 0 Å².